The van der Waals surface area contributed by atoms with Crippen LogP contribution in [0.4, 0.5) is 5.69 Å². The van der Waals surface area contributed by atoms with Crippen LogP contribution in [0.15, 0.2) is 24.3 Å². The summed E-state index contributed by atoms with van der Waals surface area (Å²) in [7, 11) is 1.86. The van der Waals surface area contributed by atoms with Gasteiger partial charge in [-0.3, -0.25) is 4.79 Å². The van der Waals surface area contributed by atoms with Crippen molar-refractivity contribution in [3.05, 3.63) is 29.8 Å². The zero-order valence-corrected chi connectivity index (χ0v) is 12.4. The van der Waals surface area contributed by atoms with Crippen LogP contribution < -0.4 is 11.1 Å². The predicted octanol–water partition coefficient (Wildman–Crippen LogP) is 1.61. The molecule has 0 radical (unpaired) electrons. The number of para-hydroxylation sites is 1. The van der Waals surface area contributed by atoms with Gasteiger partial charge in [-0.15, -0.1) is 0 Å². The van der Waals surface area contributed by atoms with E-state index < -0.39 is 0 Å². The molecule has 1 amide bonds. The van der Waals surface area contributed by atoms with Gasteiger partial charge in [0.05, 0.1) is 11.5 Å². The van der Waals surface area contributed by atoms with E-state index in [4.69, 9.17) is 5.73 Å². The Balaban J connectivity index is 1.87. The fourth-order valence-electron chi connectivity index (χ4n) is 3.48. The average molecular weight is 273 g/mol. The van der Waals surface area contributed by atoms with Crippen LogP contribution in [0.25, 0.3) is 0 Å². The van der Waals surface area contributed by atoms with Crippen LogP contribution in [0, 0.1) is 5.92 Å². The monoisotopic (exact) mass is 273 g/mol. The Morgan fingerprint density at radius 2 is 2.05 bits per heavy atom. The lowest BCUT2D eigenvalue weighted by molar-refractivity contribution is -0.132. The number of nitrogens with one attached hydrogen (secondary N) is 1. The molecule has 1 aromatic carbocycles. The van der Waals surface area contributed by atoms with Crippen molar-refractivity contribution in [3.8, 4) is 0 Å². The summed E-state index contributed by atoms with van der Waals surface area (Å²) >= 11 is 0. The highest BCUT2D eigenvalue weighted by Crippen LogP contribution is 2.37. The third kappa shape index (κ3) is 1.82. The molecule has 0 bridgehead atoms. The number of carbonyl (C=O) groups is 1. The normalized spacial score (nSPS) is 31.9. The molecule has 3 unspecified atom stereocenters. The van der Waals surface area contributed by atoms with Crippen LogP contribution in [0.2, 0.25) is 0 Å². The van der Waals surface area contributed by atoms with E-state index in [0.29, 0.717) is 0 Å². The number of hydrogen-bond acceptors (Lipinski definition) is 3. The van der Waals surface area contributed by atoms with E-state index in [-0.39, 0.29) is 29.4 Å². The fraction of sp³-hybridized carbons (Fsp3) is 0.562. The van der Waals surface area contributed by atoms with Gasteiger partial charge in [-0.25, -0.2) is 0 Å². The Morgan fingerprint density at radius 3 is 2.70 bits per heavy atom. The van der Waals surface area contributed by atoms with Crippen molar-refractivity contribution in [2.24, 2.45) is 11.7 Å². The molecule has 3 N–H and O–H groups in total. The first kappa shape index (κ1) is 13.4. The molecular weight excluding hydrogens is 250 g/mol. The summed E-state index contributed by atoms with van der Waals surface area (Å²) in [6.07, 6.45) is 1.97. The molecule has 0 aliphatic carbocycles. The lowest BCUT2D eigenvalue weighted by atomic mass is 9.82. The third-order valence-electron chi connectivity index (χ3n) is 5.20. The molecule has 1 aromatic rings. The summed E-state index contributed by atoms with van der Waals surface area (Å²) in [6, 6.07) is 8.32. The maximum atomic E-state index is 12.5. The van der Waals surface area contributed by atoms with Gasteiger partial charge in [-0.05, 0) is 38.3 Å². The lowest BCUT2D eigenvalue weighted by Gasteiger charge is -2.34. The summed E-state index contributed by atoms with van der Waals surface area (Å²) in [6.45, 7) is 4.10. The summed E-state index contributed by atoms with van der Waals surface area (Å²) in [5.74, 6) is 0.0303. The van der Waals surface area contributed by atoms with Crippen molar-refractivity contribution in [3.63, 3.8) is 0 Å². The van der Waals surface area contributed by atoms with Crippen LogP contribution >= 0.6 is 0 Å². The zero-order chi connectivity index (χ0) is 14.5. The zero-order valence-electron chi connectivity index (χ0n) is 12.4. The Labute approximate surface area is 120 Å². The van der Waals surface area contributed by atoms with E-state index in [0.717, 1.165) is 18.5 Å². The molecule has 2 aliphatic heterocycles. The maximum absolute atomic E-state index is 12.5. The molecular formula is C16H23N3O. The standard InChI is InChI=1S/C16H23N3O/c1-16(2)14(17)13(15(20)19(16)3)12-9-8-10-6-4-5-7-11(10)18-12/h4-7,12-14,18H,8-9,17H2,1-3H3. The van der Waals surface area contributed by atoms with Gasteiger partial charge in [-0.1, -0.05) is 18.2 Å². The van der Waals surface area contributed by atoms with E-state index >= 15 is 0 Å². The van der Waals surface area contributed by atoms with Gasteiger partial charge >= 0.3 is 0 Å². The van der Waals surface area contributed by atoms with E-state index in [1.807, 2.05) is 31.9 Å². The fourth-order valence-corrected chi connectivity index (χ4v) is 3.48. The van der Waals surface area contributed by atoms with Crippen molar-refractivity contribution in [1.29, 1.82) is 0 Å². The van der Waals surface area contributed by atoms with Crippen molar-refractivity contribution < 1.29 is 4.79 Å². The summed E-state index contributed by atoms with van der Waals surface area (Å²) in [5.41, 5.74) is 8.59. The van der Waals surface area contributed by atoms with Crippen LogP contribution in [0.1, 0.15) is 25.8 Å². The molecule has 2 aliphatic rings. The summed E-state index contributed by atoms with van der Waals surface area (Å²) in [5, 5.41) is 3.53. The van der Waals surface area contributed by atoms with Crippen LogP contribution in [0.3, 0.4) is 0 Å². The second kappa shape index (κ2) is 4.48. The van der Waals surface area contributed by atoms with Gasteiger partial charge in [-0.2, -0.15) is 0 Å². The van der Waals surface area contributed by atoms with Crippen molar-refractivity contribution in [2.75, 3.05) is 12.4 Å². The predicted molar refractivity (Wildman–Crippen MR) is 80.5 cm³/mol. The quantitative estimate of drug-likeness (QED) is 0.817. The molecule has 3 atom stereocenters. The Kier molecular flexibility index (Phi) is 3.01. The Morgan fingerprint density at radius 1 is 1.35 bits per heavy atom. The number of aryl methyl sites for hydroxylation is 1. The molecule has 108 valence electrons. The van der Waals surface area contributed by atoms with Crippen molar-refractivity contribution in [2.45, 2.75) is 44.3 Å². The van der Waals surface area contributed by atoms with E-state index in [1.54, 1.807) is 0 Å². The SMILES string of the molecule is CN1C(=O)C(C2CCc3ccccc3N2)C(N)C1(C)C. The highest BCUT2D eigenvalue weighted by molar-refractivity contribution is 5.84. The third-order valence-corrected chi connectivity index (χ3v) is 5.20. The Bertz CT molecular complexity index is 540. The minimum absolute atomic E-state index is 0.136. The second-order valence-electron chi connectivity index (χ2n) is 6.55. The number of fused-ring (bicyclic) bond motifs is 1. The first-order valence-corrected chi connectivity index (χ1v) is 7.30. The van der Waals surface area contributed by atoms with Crippen molar-refractivity contribution in [1.82, 2.24) is 4.90 Å². The molecule has 0 aromatic heterocycles. The number of benzene rings is 1. The number of nitrogens with zero attached hydrogens (tertiary/aromatic N) is 1. The molecule has 4 nitrogen and oxygen atoms in total. The first-order valence-electron chi connectivity index (χ1n) is 7.30. The number of rotatable bonds is 1. The molecule has 4 heteroatoms. The highest BCUT2D eigenvalue weighted by Gasteiger charge is 2.52. The van der Waals surface area contributed by atoms with Crippen molar-refractivity contribution >= 4 is 11.6 Å². The molecule has 2 heterocycles. The van der Waals surface area contributed by atoms with E-state index in [2.05, 4.69) is 23.5 Å². The Hall–Kier alpha value is -1.55. The van der Waals surface area contributed by atoms with Crippen LogP contribution in [-0.2, 0) is 11.2 Å². The number of amides is 1. The molecule has 3 rings (SSSR count). The number of likely N-dealkylation sites (tertiary alicyclic amines) is 1. The van der Waals surface area contributed by atoms with Crippen LogP contribution in [0.5, 0.6) is 0 Å². The molecule has 1 fully saturated rings. The van der Waals surface area contributed by atoms with Gasteiger partial charge in [0.1, 0.15) is 0 Å². The number of carbonyl (C=O) groups excluding carboxylic acids is 1. The van der Waals surface area contributed by atoms with Gasteiger partial charge in [0.25, 0.3) is 0 Å². The van der Waals surface area contributed by atoms with E-state index in [9.17, 15) is 4.79 Å². The summed E-state index contributed by atoms with van der Waals surface area (Å²) in [4.78, 5) is 14.4. The van der Waals surface area contributed by atoms with Gasteiger partial charge in [0, 0.05) is 24.8 Å². The van der Waals surface area contributed by atoms with Gasteiger partial charge in [0.2, 0.25) is 5.91 Å². The summed E-state index contributed by atoms with van der Waals surface area (Å²) < 4.78 is 0. The molecule has 0 saturated carbocycles. The minimum Gasteiger partial charge on any atom is -0.381 e. The lowest BCUT2D eigenvalue weighted by Crippen LogP contribution is -2.51. The van der Waals surface area contributed by atoms with Crippen LogP contribution in [-0.4, -0.2) is 35.5 Å². The number of anilines is 1. The first-order chi connectivity index (χ1) is 9.43. The number of likely N-dealkylation sites (N-methyl/N-ethyl adjacent to an activating group) is 1. The number of hydrogen-bond donors (Lipinski definition) is 2. The average Bonchev–Trinajstić information content (AvgIpc) is 2.59. The van der Waals surface area contributed by atoms with E-state index in [1.165, 1.54) is 5.56 Å². The topological polar surface area (TPSA) is 58.4 Å². The number of nitrogens with two attached hydrogens (primary N) is 1. The maximum Gasteiger partial charge on any atom is 0.229 e. The highest BCUT2D eigenvalue weighted by atomic mass is 16.2. The van der Waals surface area contributed by atoms with Gasteiger partial charge in [0.15, 0.2) is 0 Å². The van der Waals surface area contributed by atoms with Gasteiger partial charge < -0.3 is 16.0 Å². The smallest absolute Gasteiger partial charge is 0.229 e. The second-order valence-corrected chi connectivity index (χ2v) is 6.55. The minimum atomic E-state index is -0.277. The molecule has 1 saturated heterocycles. The molecule has 0 spiro atoms. The molecule has 20 heavy (non-hydrogen) atoms. The largest absolute Gasteiger partial charge is 0.381 e.